The van der Waals surface area contributed by atoms with Gasteiger partial charge in [-0.05, 0) is 48.5 Å². The van der Waals surface area contributed by atoms with Crippen molar-refractivity contribution >= 4 is 34.5 Å². The van der Waals surface area contributed by atoms with Crippen LogP contribution in [0.4, 0.5) is 5.95 Å². The van der Waals surface area contributed by atoms with Crippen LogP contribution in [-0.4, -0.2) is 25.6 Å². The van der Waals surface area contributed by atoms with E-state index in [1.165, 1.54) is 0 Å². The van der Waals surface area contributed by atoms with Crippen molar-refractivity contribution in [2.24, 2.45) is 0 Å². The van der Waals surface area contributed by atoms with Crippen LogP contribution in [0.15, 0.2) is 83.5 Å². The summed E-state index contributed by atoms with van der Waals surface area (Å²) < 4.78 is 7.33. The molecule has 0 aliphatic heterocycles. The van der Waals surface area contributed by atoms with Crippen molar-refractivity contribution in [3.8, 4) is 11.3 Å². The smallest absolute Gasteiger partial charge is 0.280 e. The Morgan fingerprint density at radius 1 is 1.03 bits per heavy atom. The second kappa shape index (κ2) is 8.64. The van der Waals surface area contributed by atoms with E-state index in [9.17, 15) is 4.79 Å². The zero-order chi connectivity index (χ0) is 21.9. The molecule has 0 fully saturated rings. The minimum Gasteiger partial charge on any atom is -0.355 e. The first-order valence-corrected chi connectivity index (χ1v) is 10.4. The number of hydrogen-bond acceptors (Lipinski definition) is 5. The molecule has 0 spiro atoms. The number of aromatic nitrogens is 4. The van der Waals surface area contributed by atoms with Crippen molar-refractivity contribution in [2.75, 3.05) is 5.32 Å². The number of benzene rings is 2. The van der Waals surface area contributed by atoms with Gasteiger partial charge in [-0.1, -0.05) is 35.0 Å². The molecule has 2 aromatic carbocycles. The molecule has 0 radical (unpaired) electrons. The van der Waals surface area contributed by atoms with Gasteiger partial charge in [0.2, 0.25) is 5.95 Å². The zero-order valence-electron chi connectivity index (χ0n) is 16.9. The molecule has 0 aliphatic carbocycles. The van der Waals surface area contributed by atoms with Gasteiger partial charge >= 0.3 is 0 Å². The van der Waals surface area contributed by atoms with Crippen molar-refractivity contribution in [3.63, 3.8) is 0 Å². The van der Waals surface area contributed by atoms with E-state index in [4.69, 9.17) is 16.1 Å². The number of aryl methyl sites for hydroxylation is 2. The van der Waals surface area contributed by atoms with E-state index < -0.39 is 5.91 Å². The van der Waals surface area contributed by atoms with Crippen LogP contribution in [0.25, 0.3) is 22.4 Å². The Balaban J connectivity index is 1.40. The Hall–Kier alpha value is -3.97. The SMILES string of the molecule is O=C(Nc1nc2ccccc2n1CCc1ccccn1)c1cc(-c2ccc(Cl)cc2)on1. The number of nitrogens with zero attached hydrogens (tertiary/aromatic N) is 4. The van der Waals surface area contributed by atoms with Crippen LogP contribution in [0.5, 0.6) is 0 Å². The van der Waals surface area contributed by atoms with E-state index in [0.717, 1.165) is 22.3 Å². The highest BCUT2D eigenvalue weighted by Gasteiger charge is 2.18. The second-order valence-electron chi connectivity index (χ2n) is 7.18. The molecule has 7 nitrogen and oxygen atoms in total. The van der Waals surface area contributed by atoms with Gasteiger partial charge in [-0.15, -0.1) is 0 Å². The molecule has 0 bridgehead atoms. The Bertz CT molecular complexity index is 1380. The lowest BCUT2D eigenvalue weighted by Gasteiger charge is -2.09. The van der Waals surface area contributed by atoms with Gasteiger partial charge in [-0.25, -0.2) is 4.98 Å². The number of amides is 1. The molecule has 8 heteroatoms. The maximum Gasteiger partial charge on any atom is 0.280 e. The Morgan fingerprint density at radius 2 is 1.84 bits per heavy atom. The summed E-state index contributed by atoms with van der Waals surface area (Å²) in [6, 6.07) is 22.3. The van der Waals surface area contributed by atoms with Gasteiger partial charge in [0.1, 0.15) is 0 Å². The molecule has 0 atom stereocenters. The van der Waals surface area contributed by atoms with E-state index in [0.29, 0.717) is 29.7 Å². The molecular weight excluding hydrogens is 426 g/mol. The van der Waals surface area contributed by atoms with Crippen LogP contribution in [0, 0.1) is 0 Å². The topological polar surface area (TPSA) is 85.8 Å². The molecule has 32 heavy (non-hydrogen) atoms. The molecule has 3 heterocycles. The van der Waals surface area contributed by atoms with E-state index in [2.05, 4.69) is 20.4 Å². The number of carbonyl (C=O) groups excluding carboxylic acids is 1. The molecular formula is C24H18ClN5O2. The third-order valence-electron chi connectivity index (χ3n) is 5.07. The van der Waals surface area contributed by atoms with Crippen LogP contribution < -0.4 is 5.32 Å². The summed E-state index contributed by atoms with van der Waals surface area (Å²) in [4.78, 5) is 21.9. The third-order valence-corrected chi connectivity index (χ3v) is 5.32. The fourth-order valence-corrected chi connectivity index (χ4v) is 3.59. The number of nitrogens with one attached hydrogen (secondary N) is 1. The number of para-hydroxylation sites is 2. The average Bonchev–Trinajstić information content (AvgIpc) is 3.44. The lowest BCUT2D eigenvalue weighted by Crippen LogP contribution is -2.17. The van der Waals surface area contributed by atoms with Crippen molar-refractivity contribution in [1.29, 1.82) is 0 Å². The van der Waals surface area contributed by atoms with Gasteiger partial charge in [-0.2, -0.15) is 0 Å². The first-order valence-electron chi connectivity index (χ1n) is 10.1. The number of halogens is 1. The van der Waals surface area contributed by atoms with Crippen molar-refractivity contribution in [2.45, 2.75) is 13.0 Å². The highest BCUT2D eigenvalue weighted by atomic mass is 35.5. The first-order chi connectivity index (χ1) is 15.7. The summed E-state index contributed by atoms with van der Waals surface area (Å²) in [5, 5.41) is 7.42. The fraction of sp³-hybridized carbons (Fsp3) is 0.0833. The number of carbonyl (C=O) groups is 1. The molecule has 1 amide bonds. The summed E-state index contributed by atoms with van der Waals surface area (Å²) in [7, 11) is 0. The number of anilines is 1. The number of hydrogen-bond donors (Lipinski definition) is 1. The molecule has 0 saturated carbocycles. The van der Waals surface area contributed by atoms with E-state index in [1.54, 1.807) is 24.4 Å². The fourth-order valence-electron chi connectivity index (χ4n) is 3.47. The predicted octanol–water partition coefficient (Wildman–Crippen LogP) is 5.23. The van der Waals surface area contributed by atoms with Gasteiger partial charge in [0.05, 0.1) is 11.0 Å². The molecule has 0 unspecified atom stereocenters. The Kier molecular flexibility index (Phi) is 5.39. The summed E-state index contributed by atoms with van der Waals surface area (Å²) in [6.07, 6.45) is 2.47. The minimum absolute atomic E-state index is 0.165. The molecule has 3 aromatic heterocycles. The van der Waals surface area contributed by atoms with Crippen molar-refractivity contribution < 1.29 is 9.32 Å². The lowest BCUT2D eigenvalue weighted by molar-refractivity contribution is 0.101. The highest BCUT2D eigenvalue weighted by Crippen LogP contribution is 2.24. The van der Waals surface area contributed by atoms with Crippen LogP contribution >= 0.6 is 11.6 Å². The lowest BCUT2D eigenvalue weighted by atomic mass is 10.1. The highest BCUT2D eigenvalue weighted by molar-refractivity contribution is 6.30. The Labute approximate surface area is 188 Å². The standard InChI is InChI=1S/C24H18ClN5O2/c25-17-10-8-16(9-11-17)22-15-20(29-32-22)23(31)28-24-27-19-6-1-2-7-21(19)30(24)14-12-18-5-3-4-13-26-18/h1-11,13,15H,12,14H2,(H,27,28,31). The summed E-state index contributed by atoms with van der Waals surface area (Å²) in [5.41, 5.74) is 3.64. The molecule has 0 saturated heterocycles. The van der Waals surface area contributed by atoms with E-state index in [-0.39, 0.29) is 5.69 Å². The van der Waals surface area contributed by atoms with E-state index >= 15 is 0 Å². The van der Waals surface area contributed by atoms with Gasteiger partial charge in [0, 0.05) is 41.5 Å². The quantitative estimate of drug-likeness (QED) is 0.388. The Morgan fingerprint density at radius 3 is 2.66 bits per heavy atom. The average molecular weight is 444 g/mol. The predicted molar refractivity (Wildman–Crippen MR) is 123 cm³/mol. The minimum atomic E-state index is -0.400. The zero-order valence-corrected chi connectivity index (χ0v) is 17.7. The number of fused-ring (bicyclic) bond motifs is 1. The largest absolute Gasteiger partial charge is 0.355 e. The van der Waals surface area contributed by atoms with Gasteiger partial charge in [0.15, 0.2) is 11.5 Å². The summed E-state index contributed by atoms with van der Waals surface area (Å²) in [6.45, 7) is 0.613. The maximum atomic E-state index is 12.9. The molecule has 5 rings (SSSR count). The summed E-state index contributed by atoms with van der Waals surface area (Å²) >= 11 is 5.93. The number of rotatable bonds is 6. The van der Waals surface area contributed by atoms with Crippen LogP contribution in [-0.2, 0) is 13.0 Å². The second-order valence-corrected chi connectivity index (χ2v) is 7.62. The van der Waals surface area contributed by atoms with Crippen LogP contribution in [0.3, 0.4) is 0 Å². The monoisotopic (exact) mass is 443 g/mol. The molecule has 1 N–H and O–H groups in total. The van der Waals surface area contributed by atoms with Crippen molar-refractivity contribution in [3.05, 3.63) is 95.4 Å². The third kappa shape index (κ3) is 4.10. The molecule has 0 aliphatic rings. The molecule has 158 valence electrons. The van der Waals surface area contributed by atoms with Crippen molar-refractivity contribution in [1.82, 2.24) is 19.7 Å². The van der Waals surface area contributed by atoms with E-state index in [1.807, 2.05) is 59.2 Å². The first kappa shape index (κ1) is 20.0. The normalized spacial score (nSPS) is 11.0. The van der Waals surface area contributed by atoms with Crippen LogP contribution in [0.2, 0.25) is 5.02 Å². The van der Waals surface area contributed by atoms with Gasteiger partial charge < -0.3 is 9.09 Å². The van der Waals surface area contributed by atoms with Gasteiger partial charge in [0.25, 0.3) is 5.91 Å². The van der Waals surface area contributed by atoms with Gasteiger partial charge in [-0.3, -0.25) is 15.1 Å². The van der Waals surface area contributed by atoms with Crippen LogP contribution in [0.1, 0.15) is 16.2 Å². The number of pyridine rings is 1. The maximum absolute atomic E-state index is 12.9. The summed E-state index contributed by atoms with van der Waals surface area (Å²) in [5.74, 6) is 0.530. The number of imidazole rings is 1. The molecule has 5 aromatic rings.